The molecule has 7 aromatic carbocycles. The third-order valence-corrected chi connectivity index (χ3v) is 17.0. The van der Waals surface area contributed by atoms with Crippen LogP contribution in [-0.2, 0) is 36.5 Å². The quantitative estimate of drug-likeness (QED) is 0.0544. The van der Waals surface area contributed by atoms with E-state index in [1.54, 1.807) is 22.3 Å². The molecule has 0 unspecified atom stereocenters. The molecule has 0 atom stereocenters. The van der Waals surface area contributed by atoms with E-state index in [0.29, 0.717) is 0 Å². The number of para-hydroxylation sites is 1. The number of nitrogens with one attached hydrogen (secondary N) is 1. The van der Waals surface area contributed by atoms with E-state index >= 15 is 0 Å². The van der Waals surface area contributed by atoms with Gasteiger partial charge >= 0.3 is 0 Å². The van der Waals surface area contributed by atoms with Gasteiger partial charge in [0.25, 0.3) is 0 Å². The molecule has 0 heterocycles. The Hall–Kier alpha value is -5.86. The summed E-state index contributed by atoms with van der Waals surface area (Å²) in [6.07, 6.45) is 25.2. The zero-order valence-corrected chi connectivity index (χ0v) is 44.1. The molecule has 71 heavy (non-hydrogen) atoms. The molecule has 0 saturated heterocycles. The first-order valence-electron chi connectivity index (χ1n) is 28.2. The van der Waals surface area contributed by atoms with Crippen molar-refractivity contribution < 1.29 is 0 Å². The second-order valence-corrected chi connectivity index (χ2v) is 21.6. The average molecular weight is 939 g/mol. The van der Waals surface area contributed by atoms with Gasteiger partial charge in [-0.25, -0.2) is 0 Å². The van der Waals surface area contributed by atoms with Gasteiger partial charge in [-0.3, -0.25) is 0 Å². The van der Waals surface area contributed by atoms with Crippen molar-refractivity contribution in [1.82, 2.24) is 0 Å². The van der Waals surface area contributed by atoms with Crippen molar-refractivity contribution >= 4 is 28.4 Å². The SMILES string of the molecule is CCCCCCCCC1(CCCCCCCC)c2cc(N(c3ccccc3)c3ccc(Nc4ccc(-c5ccc(CCc6ccc7c(c6)CC7)cc5)cc4)cc3)ccc2-c2ccc(C(C)(CC)CC)cc21. The van der Waals surface area contributed by atoms with E-state index in [1.807, 2.05) is 0 Å². The molecule has 2 aliphatic rings. The molecule has 2 heteroatoms. The van der Waals surface area contributed by atoms with Crippen molar-refractivity contribution in [3.8, 4) is 22.3 Å². The van der Waals surface area contributed by atoms with E-state index in [2.05, 4.69) is 203 Å². The van der Waals surface area contributed by atoms with Crippen LogP contribution in [0.15, 0.2) is 158 Å². The highest BCUT2D eigenvalue weighted by molar-refractivity contribution is 5.86. The smallest absolute Gasteiger partial charge is 0.0465 e. The zero-order chi connectivity index (χ0) is 49.0. The molecular weight excluding hydrogens is 857 g/mol. The largest absolute Gasteiger partial charge is 0.356 e. The number of hydrogen-bond acceptors (Lipinski definition) is 2. The van der Waals surface area contributed by atoms with E-state index in [4.69, 9.17) is 0 Å². The number of rotatable bonds is 26. The number of unbranched alkanes of at least 4 members (excludes halogenated alkanes) is 10. The number of nitrogens with zero attached hydrogens (tertiary/aromatic N) is 1. The monoisotopic (exact) mass is 939 g/mol. The molecule has 0 fully saturated rings. The van der Waals surface area contributed by atoms with E-state index in [1.165, 1.54) is 153 Å². The van der Waals surface area contributed by atoms with Gasteiger partial charge in [-0.05, 0) is 179 Å². The Balaban J connectivity index is 0.973. The number of hydrogen-bond donors (Lipinski definition) is 1. The summed E-state index contributed by atoms with van der Waals surface area (Å²) in [7, 11) is 0. The van der Waals surface area contributed by atoms with Crippen LogP contribution in [0.2, 0.25) is 0 Å². The Kier molecular flexibility index (Phi) is 16.6. The Morgan fingerprint density at radius 1 is 0.451 bits per heavy atom. The summed E-state index contributed by atoms with van der Waals surface area (Å²) in [5.41, 5.74) is 21.9. The minimum Gasteiger partial charge on any atom is -0.356 e. The molecule has 2 aliphatic carbocycles. The van der Waals surface area contributed by atoms with Crippen LogP contribution >= 0.6 is 0 Å². The van der Waals surface area contributed by atoms with Crippen molar-refractivity contribution in [2.24, 2.45) is 0 Å². The summed E-state index contributed by atoms with van der Waals surface area (Å²) in [5.74, 6) is 0. The molecular formula is C69H82N2. The van der Waals surface area contributed by atoms with Crippen LogP contribution in [0.1, 0.15) is 176 Å². The minimum atomic E-state index is -0.00731. The first-order chi connectivity index (χ1) is 34.8. The van der Waals surface area contributed by atoms with Gasteiger partial charge in [-0.15, -0.1) is 0 Å². The van der Waals surface area contributed by atoms with Gasteiger partial charge in [0, 0.05) is 33.9 Å². The van der Waals surface area contributed by atoms with Gasteiger partial charge in [-0.2, -0.15) is 0 Å². The molecule has 9 rings (SSSR count). The van der Waals surface area contributed by atoms with E-state index in [-0.39, 0.29) is 10.8 Å². The van der Waals surface area contributed by atoms with Crippen LogP contribution < -0.4 is 10.2 Å². The summed E-state index contributed by atoms with van der Waals surface area (Å²) in [4.78, 5) is 2.48. The van der Waals surface area contributed by atoms with Crippen LogP contribution in [0.5, 0.6) is 0 Å². The fourth-order valence-electron chi connectivity index (χ4n) is 11.9. The van der Waals surface area contributed by atoms with Gasteiger partial charge < -0.3 is 10.2 Å². The predicted octanol–water partition coefficient (Wildman–Crippen LogP) is 20.3. The summed E-state index contributed by atoms with van der Waals surface area (Å²) in [5, 5.41) is 3.71. The summed E-state index contributed by atoms with van der Waals surface area (Å²) in [6.45, 7) is 11.9. The van der Waals surface area contributed by atoms with Gasteiger partial charge in [-0.1, -0.05) is 209 Å². The van der Waals surface area contributed by atoms with Gasteiger partial charge in [0.05, 0.1) is 0 Å². The van der Waals surface area contributed by atoms with E-state index in [0.717, 1.165) is 42.7 Å². The lowest BCUT2D eigenvalue weighted by Crippen LogP contribution is -2.27. The van der Waals surface area contributed by atoms with E-state index < -0.39 is 0 Å². The highest BCUT2D eigenvalue weighted by Gasteiger charge is 2.43. The van der Waals surface area contributed by atoms with Crippen LogP contribution in [0.3, 0.4) is 0 Å². The highest BCUT2D eigenvalue weighted by atomic mass is 15.1. The van der Waals surface area contributed by atoms with Crippen LogP contribution in [0.4, 0.5) is 28.4 Å². The molecule has 1 N–H and O–H groups in total. The standard InChI is InChI=1S/C69H82N2/c1-6-10-12-14-16-21-47-69(48-22-17-15-13-11-7-2)66-50-58(68(5,8-3)9-4)37-45-64(66)65-46-44-63(51-67(65)69)71(61-23-19-18-20-24-61)62-42-40-60(41-43-62)70-59-38-35-55(36-39-59)54-30-27-52(28-31-54)25-26-53-29-32-56-33-34-57(56)49-53/h18-20,23-24,27-32,35-46,49-51,70H,6-17,21-22,25-26,33-34,47-48H2,1-5H3. The molecule has 7 aromatic rings. The predicted molar refractivity (Wildman–Crippen MR) is 308 cm³/mol. The van der Waals surface area contributed by atoms with Crippen molar-refractivity contribution in [1.29, 1.82) is 0 Å². The fraction of sp³-hybridized carbons (Fsp3) is 0.391. The second kappa shape index (κ2) is 23.6. The Labute approximate surface area is 429 Å². The summed E-state index contributed by atoms with van der Waals surface area (Å²) in [6, 6.07) is 60.4. The first kappa shape index (κ1) is 50.1. The number of fused-ring (bicyclic) bond motifs is 4. The summed E-state index contributed by atoms with van der Waals surface area (Å²) < 4.78 is 0. The maximum Gasteiger partial charge on any atom is 0.0465 e. The lowest BCUT2D eigenvalue weighted by Gasteiger charge is -2.35. The zero-order valence-electron chi connectivity index (χ0n) is 44.1. The topological polar surface area (TPSA) is 15.3 Å². The third kappa shape index (κ3) is 11.4. The van der Waals surface area contributed by atoms with Gasteiger partial charge in [0.1, 0.15) is 0 Å². The number of benzene rings is 7. The molecule has 0 aliphatic heterocycles. The van der Waals surface area contributed by atoms with Crippen molar-refractivity contribution in [2.45, 2.75) is 174 Å². The Morgan fingerprint density at radius 3 is 1.55 bits per heavy atom. The maximum absolute atomic E-state index is 3.71. The maximum atomic E-state index is 3.71. The summed E-state index contributed by atoms with van der Waals surface area (Å²) >= 11 is 0. The van der Waals surface area contributed by atoms with Crippen LogP contribution in [-0.4, -0.2) is 0 Å². The third-order valence-electron chi connectivity index (χ3n) is 17.0. The first-order valence-corrected chi connectivity index (χ1v) is 28.2. The molecule has 0 amide bonds. The fourth-order valence-corrected chi connectivity index (χ4v) is 11.9. The van der Waals surface area contributed by atoms with Gasteiger partial charge in [0.2, 0.25) is 0 Å². The second-order valence-electron chi connectivity index (χ2n) is 21.6. The molecule has 0 radical (unpaired) electrons. The lowest BCUT2D eigenvalue weighted by atomic mass is 9.69. The molecule has 0 bridgehead atoms. The molecule has 0 aromatic heterocycles. The van der Waals surface area contributed by atoms with Crippen LogP contribution in [0, 0.1) is 0 Å². The van der Waals surface area contributed by atoms with E-state index in [9.17, 15) is 0 Å². The normalized spacial score (nSPS) is 13.3. The molecule has 0 saturated carbocycles. The highest BCUT2D eigenvalue weighted by Crippen LogP contribution is 2.56. The van der Waals surface area contributed by atoms with Crippen molar-refractivity contribution in [3.63, 3.8) is 0 Å². The lowest BCUT2D eigenvalue weighted by molar-refractivity contribution is 0.395. The van der Waals surface area contributed by atoms with Crippen molar-refractivity contribution in [2.75, 3.05) is 10.2 Å². The Bertz CT molecular complexity index is 2760. The van der Waals surface area contributed by atoms with Crippen molar-refractivity contribution in [3.05, 3.63) is 197 Å². The minimum absolute atomic E-state index is 0.00731. The Morgan fingerprint density at radius 2 is 0.958 bits per heavy atom. The molecule has 368 valence electrons. The number of anilines is 5. The van der Waals surface area contributed by atoms with Crippen LogP contribution in [0.25, 0.3) is 22.3 Å². The molecule has 2 nitrogen and oxygen atoms in total. The average Bonchev–Trinajstić information content (AvgIpc) is 3.67. The molecule has 0 spiro atoms. The van der Waals surface area contributed by atoms with Gasteiger partial charge in [0.15, 0.2) is 0 Å². The number of aryl methyl sites for hydroxylation is 4.